The standard InChI is InChI=1S/C11H17N3.C5H10O2/c12-11(9-3-6-13-7-4-9)10-2-1-5-14-8-10;1-5(2,3)7-4-6/h1-2,5,8-9,11,13H,3-4,6-7,12H2;4H,1-3H3. The maximum absolute atomic E-state index is 9.60. The van der Waals surface area contributed by atoms with E-state index in [-0.39, 0.29) is 11.6 Å². The van der Waals surface area contributed by atoms with Crippen LogP contribution in [-0.2, 0) is 9.53 Å². The number of pyridine rings is 1. The van der Waals surface area contributed by atoms with Crippen molar-refractivity contribution in [3.05, 3.63) is 30.1 Å². The van der Waals surface area contributed by atoms with Crippen molar-refractivity contribution in [2.75, 3.05) is 13.1 Å². The topological polar surface area (TPSA) is 77.2 Å². The highest BCUT2D eigenvalue weighted by atomic mass is 16.5. The van der Waals surface area contributed by atoms with Gasteiger partial charge in [0.2, 0.25) is 0 Å². The minimum atomic E-state index is -0.318. The van der Waals surface area contributed by atoms with Crippen molar-refractivity contribution in [1.82, 2.24) is 10.3 Å². The third-order valence-electron chi connectivity index (χ3n) is 3.36. The molecule has 0 amide bonds. The van der Waals surface area contributed by atoms with E-state index < -0.39 is 0 Å². The van der Waals surface area contributed by atoms with Crippen LogP contribution in [0.1, 0.15) is 45.2 Å². The number of rotatable bonds is 3. The Morgan fingerprint density at radius 2 is 2.10 bits per heavy atom. The summed E-state index contributed by atoms with van der Waals surface area (Å²) < 4.78 is 4.55. The van der Waals surface area contributed by atoms with Crippen LogP contribution in [0, 0.1) is 5.92 Å². The Kier molecular flexibility index (Phi) is 7.32. The fraction of sp³-hybridized carbons (Fsp3) is 0.625. The number of hydrogen-bond donors (Lipinski definition) is 2. The van der Waals surface area contributed by atoms with E-state index in [1.54, 1.807) is 6.20 Å². The Labute approximate surface area is 127 Å². The number of carbonyl (C=O) groups is 1. The average Bonchev–Trinajstić information content (AvgIpc) is 2.48. The number of aromatic nitrogens is 1. The molecule has 2 rings (SSSR count). The van der Waals surface area contributed by atoms with Gasteiger partial charge in [0, 0.05) is 18.4 Å². The van der Waals surface area contributed by atoms with Gasteiger partial charge in [-0.1, -0.05) is 6.07 Å². The molecule has 1 aromatic heterocycles. The molecule has 1 unspecified atom stereocenters. The van der Waals surface area contributed by atoms with Gasteiger partial charge in [-0.05, 0) is 64.3 Å². The number of piperidine rings is 1. The molecule has 3 N–H and O–H groups in total. The van der Waals surface area contributed by atoms with Crippen LogP contribution in [-0.4, -0.2) is 30.1 Å². The molecule has 0 radical (unpaired) electrons. The Morgan fingerprint density at radius 1 is 1.43 bits per heavy atom. The van der Waals surface area contributed by atoms with E-state index in [1.807, 2.05) is 33.0 Å². The summed E-state index contributed by atoms with van der Waals surface area (Å²) in [5.41, 5.74) is 7.05. The molecule has 5 nitrogen and oxygen atoms in total. The molecular weight excluding hydrogens is 266 g/mol. The molecule has 1 saturated heterocycles. The molecule has 0 bridgehead atoms. The number of nitrogens with one attached hydrogen (secondary N) is 1. The zero-order valence-electron chi connectivity index (χ0n) is 13.2. The summed E-state index contributed by atoms with van der Waals surface area (Å²) >= 11 is 0. The second kappa shape index (κ2) is 8.74. The van der Waals surface area contributed by atoms with Gasteiger partial charge >= 0.3 is 0 Å². The van der Waals surface area contributed by atoms with E-state index in [9.17, 15) is 4.79 Å². The second-order valence-corrected chi connectivity index (χ2v) is 6.23. The van der Waals surface area contributed by atoms with Crippen molar-refractivity contribution in [3.8, 4) is 0 Å². The minimum absolute atomic E-state index is 0.158. The lowest BCUT2D eigenvalue weighted by molar-refractivity contribution is -0.138. The summed E-state index contributed by atoms with van der Waals surface area (Å²) in [6.07, 6.45) is 6.03. The van der Waals surface area contributed by atoms with Gasteiger partial charge in [-0.25, -0.2) is 0 Å². The van der Waals surface area contributed by atoms with Crippen LogP contribution in [0.3, 0.4) is 0 Å². The lowest BCUT2D eigenvalue weighted by Crippen LogP contribution is -2.33. The molecule has 0 aliphatic carbocycles. The summed E-state index contributed by atoms with van der Waals surface area (Å²) in [6, 6.07) is 4.18. The van der Waals surface area contributed by atoms with E-state index >= 15 is 0 Å². The van der Waals surface area contributed by atoms with Gasteiger partial charge in [-0.15, -0.1) is 0 Å². The number of nitrogens with zero attached hydrogens (tertiary/aromatic N) is 1. The van der Waals surface area contributed by atoms with Crippen molar-refractivity contribution >= 4 is 6.47 Å². The Hall–Kier alpha value is -1.46. The monoisotopic (exact) mass is 293 g/mol. The molecule has 118 valence electrons. The molecule has 0 saturated carbocycles. The van der Waals surface area contributed by atoms with Gasteiger partial charge in [0.25, 0.3) is 6.47 Å². The van der Waals surface area contributed by atoms with Crippen molar-refractivity contribution in [1.29, 1.82) is 0 Å². The lowest BCUT2D eigenvalue weighted by Gasteiger charge is -2.28. The third-order valence-corrected chi connectivity index (χ3v) is 3.36. The molecule has 1 aliphatic rings. The Morgan fingerprint density at radius 3 is 2.52 bits per heavy atom. The van der Waals surface area contributed by atoms with E-state index in [0.29, 0.717) is 12.4 Å². The Balaban J connectivity index is 0.000000270. The zero-order valence-corrected chi connectivity index (χ0v) is 13.2. The maximum Gasteiger partial charge on any atom is 0.293 e. The van der Waals surface area contributed by atoms with Crippen molar-refractivity contribution in [2.45, 2.75) is 45.3 Å². The minimum Gasteiger partial charge on any atom is -0.462 e. The fourth-order valence-electron chi connectivity index (χ4n) is 2.19. The van der Waals surface area contributed by atoms with Crippen molar-refractivity contribution < 1.29 is 9.53 Å². The second-order valence-electron chi connectivity index (χ2n) is 6.23. The van der Waals surface area contributed by atoms with Crippen LogP contribution in [0.2, 0.25) is 0 Å². The first-order chi connectivity index (χ1) is 9.94. The van der Waals surface area contributed by atoms with Crippen LogP contribution in [0.15, 0.2) is 24.5 Å². The van der Waals surface area contributed by atoms with E-state index in [4.69, 9.17) is 5.73 Å². The largest absolute Gasteiger partial charge is 0.462 e. The highest BCUT2D eigenvalue weighted by molar-refractivity contribution is 5.37. The quantitative estimate of drug-likeness (QED) is 0.834. The smallest absolute Gasteiger partial charge is 0.293 e. The average molecular weight is 293 g/mol. The normalized spacial score (nSPS) is 17.3. The van der Waals surface area contributed by atoms with Gasteiger partial charge in [0.05, 0.1) is 0 Å². The molecule has 1 aliphatic heterocycles. The molecule has 21 heavy (non-hydrogen) atoms. The van der Waals surface area contributed by atoms with Crippen LogP contribution in [0.4, 0.5) is 0 Å². The summed E-state index contributed by atoms with van der Waals surface area (Å²) in [6.45, 7) is 8.11. The van der Waals surface area contributed by atoms with E-state index in [2.05, 4.69) is 21.1 Å². The van der Waals surface area contributed by atoms with E-state index in [1.165, 1.54) is 18.4 Å². The van der Waals surface area contributed by atoms with Gasteiger partial charge in [-0.3, -0.25) is 9.78 Å². The molecular formula is C16H27N3O2. The molecule has 0 aromatic carbocycles. The summed E-state index contributed by atoms with van der Waals surface area (Å²) in [5, 5.41) is 3.35. The van der Waals surface area contributed by atoms with Gasteiger partial charge in [0.1, 0.15) is 5.60 Å². The van der Waals surface area contributed by atoms with Crippen molar-refractivity contribution in [3.63, 3.8) is 0 Å². The number of hydrogen-bond acceptors (Lipinski definition) is 5. The predicted molar refractivity (Wildman–Crippen MR) is 83.7 cm³/mol. The molecule has 5 heteroatoms. The first-order valence-electron chi connectivity index (χ1n) is 7.41. The number of nitrogens with two attached hydrogens (primary N) is 1. The summed E-state index contributed by atoms with van der Waals surface area (Å²) in [4.78, 5) is 13.7. The highest BCUT2D eigenvalue weighted by Crippen LogP contribution is 2.25. The van der Waals surface area contributed by atoms with Gasteiger partial charge in [-0.2, -0.15) is 0 Å². The fourth-order valence-corrected chi connectivity index (χ4v) is 2.19. The summed E-state index contributed by atoms with van der Waals surface area (Å²) in [7, 11) is 0. The molecule has 1 atom stereocenters. The first-order valence-corrected chi connectivity index (χ1v) is 7.41. The summed E-state index contributed by atoms with van der Waals surface area (Å²) in [5.74, 6) is 0.612. The lowest BCUT2D eigenvalue weighted by atomic mass is 9.87. The van der Waals surface area contributed by atoms with Crippen molar-refractivity contribution in [2.24, 2.45) is 11.7 Å². The SMILES string of the molecule is CC(C)(C)OC=O.NC(c1cccnc1)C1CCNCC1. The van der Waals surface area contributed by atoms with Gasteiger partial charge in [0.15, 0.2) is 0 Å². The zero-order chi connectivity index (χ0) is 15.7. The van der Waals surface area contributed by atoms with Gasteiger partial charge < -0.3 is 15.8 Å². The maximum atomic E-state index is 9.60. The third kappa shape index (κ3) is 7.20. The molecule has 1 fully saturated rings. The van der Waals surface area contributed by atoms with Crippen LogP contribution in [0.5, 0.6) is 0 Å². The first kappa shape index (κ1) is 17.6. The van der Waals surface area contributed by atoms with E-state index in [0.717, 1.165) is 13.1 Å². The molecule has 0 spiro atoms. The van der Waals surface area contributed by atoms with Crippen LogP contribution >= 0.6 is 0 Å². The van der Waals surface area contributed by atoms with Crippen LogP contribution < -0.4 is 11.1 Å². The van der Waals surface area contributed by atoms with Crippen LogP contribution in [0.25, 0.3) is 0 Å². The number of ether oxygens (including phenoxy) is 1. The number of carbonyl (C=O) groups excluding carboxylic acids is 1. The molecule has 2 heterocycles. The Bertz CT molecular complexity index is 398. The highest BCUT2D eigenvalue weighted by Gasteiger charge is 2.21. The molecule has 1 aromatic rings. The predicted octanol–water partition coefficient (Wildman–Crippen LogP) is 2.04.